The fourth-order valence-electron chi connectivity index (χ4n) is 7.59. The molecule has 19 nitrogen and oxygen atoms in total. The summed E-state index contributed by atoms with van der Waals surface area (Å²) in [5.74, 6) is -1.95. The van der Waals surface area contributed by atoms with Crippen LogP contribution in [0.15, 0.2) is 36.4 Å². The molecule has 0 unspecified atom stereocenters. The standard InChI is InChI=1S/C34H36N4O15/c39-7-11(8-40)36-38-31(49)22-20-14-3-1-12(42)5-16(14)35-24(20)25-21(23(22)32(38)50)15-4-2-13(43)6-17(15)37(25)33-29(47)27(45)19(52-33)10-51-34-30(48)28(46)26(44)18(9-41)53-34/h1-6,11,18-19,26-30,33-36,39-48H,7-10H2/t18-,19-,26-,27-,28+,29-,30-,33-,34-/m1/s1. The number of benzene rings is 3. The Balaban J connectivity index is 1.30. The van der Waals surface area contributed by atoms with E-state index >= 15 is 0 Å². The molecule has 3 aliphatic heterocycles. The number of fused-ring (bicyclic) bond motifs is 10. The van der Waals surface area contributed by atoms with E-state index < -0.39 is 99.5 Å². The second-order valence-corrected chi connectivity index (χ2v) is 13.4. The monoisotopic (exact) mass is 740 g/mol. The van der Waals surface area contributed by atoms with E-state index in [0.29, 0.717) is 21.3 Å². The molecule has 0 bridgehead atoms. The van der Waals surface area contributed by atoms with Crippen LogP contribution in [0.1, 0.15) is 26.9 Å². The van der Waals surface area contributed by atoms with Crippen molar-refractivity contribution in [3.63, 3.8) is 0 Å². The maximum absolute atomic E-state index is 14.3. The Morgan fingerprint density at radius 2 is 1.42 bits per heavy atom. The third kappa shape index (κ3) is 5.28. The Morgan fingerprint density at radius 3 is 2.09 bits per heavy atom. The minimum absolute atomic E-state index is 0.0394. The summed E-state index contributed by atoms with van der Waals surface area (Å²) in [4.78, 5) is 31.6. The first-order valence-electron chi connectivity index (χ1n) is 16.7. The average molecular weight is 741 g/mol. The van der Waals surface area contributed by atoms with E-state index in [9.17, 15) is 60.7 Å². The molecule has 3 aliphatic rings. The van der Waals surface area contributed by atoms with Crippen LogP contribution in [0.3, 0.4) is 0 Å². The zero-order chi connectivity index (χ0) is 37.6. The summed E-state index contributed by atoms with van der Waals surface area (Å²) in [6.45, 7) is -2.45. The number of amides is 2. The van der Waals surface area contributed by atoms with Gasteiger partial charge in [0.15, 0.2) is 12.5 Å². The molecule has 0 radical (unpaired) electrons. The third-order valence-electron chi connectivity index (χ3n) is 10.2. The quantitative estimate of drug-likeness (QED) is 0.0709. The fourth-order valence-corrected chi connectivity index (χ4v) is 7.59. The number of nitrogens with zero attached hydrogens (tertiary/aromatic N) is 2. The lowest BCUT2D eigenvalue weighted by Gasteiger charge is -2.39. The van der Waals surface area contributed by atoms with Crippen LogP contribution in [0.5, 0.6) is 11.5 Å². The Bertz CT molecular complexity index is 2270. The Morgan fingerprint density at radius 1 is 0.774 bits per heavy atom. The van der Waals surface area contributed by atoms with E-state index in [1.54, 1.807) is 6.07 Å². The number of rotatable bonds is 9. The lowest BCUT2D eigenvalue weighted by molar-refractivity contribution is -0.306. The topological polar surface area (TPSA) is 300 Å². The van der Waals surface area contributed by atoms with Gasteiger partial charge in [-0.25, -0.2) is 10.4 Å². The van der Waals surface area contributed by atoms with E-state index in [1.165, 1.54) is 34.9 Å². The van der Waals surface area contributed by atoms with Crippen molar-refractivity contribution < 1.29 is 74.9 Å². The zero-order valence-corrected chi connectivity index (χ0v) is 27.5. The summed E-state index contributed by atoms with van der Waals surface area (Å²) in [5.41, 5.74) is 3.49. The molecular weight excluding hydrogens is 704 g/mol. The number of carbonyl (C=O) groups excluding carboxylic acids is 2. The smallest absolute Gasteiger partial charge is 0.276 e. The predicted molar refractivity (Wildman–Crippen MR) is 179 cm³/mol. The van der Waals surface area contributed by atoms with Crippen LogP contribution in [0.25, 0.3) is 43.6 Å². The first-order chi connectivity index (χ1) is 25.4. The molecule has 12 N–H and O–H groups in total. The lowest BCUT2D eigenvalue weighted by atomic mass is 9.96. The van der Waals surface area contributed by atoms with Gasteiger partial charge < -0.3 is 74.8 Å². The molecule has 0 spiro atoms. The summed E-state index contributed by atoms with van der Waals surface area (Å²) < 4.78 is 18.7. The Labute approximate surface area is 296 Å². The molecule has 2 saturated heterocycles. The normalized spacial score (nSPS) is 29.2. The number of aliphatic hydroxyl groups excluding tert-OH is 8. The Kier molecular flexibility index (Phi) is 8.80. The van der Waals surface area contributed by atoms with Crippen molar-refractivity contribution in [1.82, 2.24) is 20.0 Å². The number of ether oxygens (including phenoxy) is 3. The van der Waals surface area contributed by atoms with Gasteiger partial charge in [-0.15, -0.1) is 0 Å². The van der Waals surface area contributed by atoms with E-state index in [0.717, 1.165) is 0 Å². The van der Waals surface area contributed by atoms with E-state index in [2.05, 4.69) is 10.4 Å². The number of aromatic nitrogens is 2. The summed E-state index contributed by atoms with van der Waals surface area (Å²) in [6.07, 6.45) is -14.0. The second kappa shape index (κ2) is 13.1. The molecule has 53 heavy (non-hydrogen) atoms. The number of aliphatic hydroxyl groups is 8. The highest BCUT2D eigenvalue weighted by molar-refractivity contribution is 6.39. The van der Waals surface area contributed by atoms with E-state index in [4.69, 9.17) is 14.2 Å². The van der Waals surface area contributed by atoms with Gasteiger partial charge >= 0.3 is 0 Å². The van der Waals surface area contributed by atoms with Crippen molar-refractivity contribution in [1.29, 1.82) is 0 Å². The van der Waals surface area contributed by atoms with Gasteiger partial charge in [-0.05, 0) is 24.3 Å². The van der Waals surface area contributed by atoms with Crippen LogP contribution >= 0.6 is 0 Å². The van der Waals surface area contributed by atoms with E-state index in [1.807, 2.05) is 0 Å². The maximum atomic E-state index is 14.3. The van der Waals surface area contributed by atoms with Crippen molar-refractivity contribution in [2.45, 2.75) is 61.3 Å². The number of hydrogen-bond acceptors (Lipinski definition) is 16. The molecule has 2 fully saturated rings. The molecule has 0 saturated carbocycles. The molecule has 5 aromatic rings. The van der Waals surface area contributed by atoms with Crippen LogP contribution in [-0.2, 0) is 14.2 Å². The lowest BCUT2D eigenvalue weighted by Crippen LogP contribution is -2.59. The summed E-state index contributed by atoms with van der Waals surface area (Å²) in [6, 6.07) is 7.47. The predicted octanol–water partition coefficient (Wildman–Crippen LogP) is -2.27. The number of phenols is 2. The van der Waals surface area contributed by atoms with Crippen molar-refractivity contribution in [3.05, 3.63) is 47.5 Å². The van der Waals surface area contributed by atoms with Gasteiger partial charge in [0.05, 0.1) is 65.7 Å². The molecule has 3 aromatic carbocycles. The minimum Gasteiger partial charge on any atom is -0.508 e. The average Bonchev–Trinajstić information content (AvgIpc) is 3.83. The zero-order valence-electron chi connectivity index (χ0n) is 27.5. The van der Waals surface area contributed by atoms with Crippen LogP contribution in [0.4, 0.5) is 0 Å². The van der Waals surface area contributed by atoms with Crippen molar-refractivity contribution in [2.75, 3.05) is 26.4 Å². The van der Waals surface area contributed by atoms with Crippen LogP contribution in [0.2, 0.25) is 0 Å². The first kappa shape index (κ1) is 35.5. The van der Waals surface area contributed by atoms with Crippen molar-refractivity contribution in [2.24, 2.45) is 0 Å². The molecule has 282 valence electrons. The van der Waals surface area contributed by atoms with Gasteiger partial charge in [0.25, 0.3) is 11.8 Å². The van der Waals surface area contributed by atoms with E-state index in [-0.39, 0.29) is 49.9 Å². The van der Waals surface area contributed by atoms with Gasteiger partial charge in [0.2, 0.25) is 0 Å². The van der Waals surface area contributed by atoms with Gasteiger partial charge in [-0.1, -0.05) is 0 Å². The summed E-state index contributed by atoms with van der Waals surface area (Å²) >= 11 is 0. The SMILES string of the molecule is O=C1c2c(c3c4ccc(O)cc4n([C@@H]4O[C@H](CO[C@@H]5O[C@H](CO)[C@@H](O)[C@H](O)[C@H]5O)[C@@H](O)[C@H]4O)c3c3[nH]c4cc(O)ccc4c23)C(=O)N1NC(CO)CO. The highest BCUT2D eigenvalue weighted by Gasteiger charge is 2.49. The number of aromatic amines is 1. The van der Waals surface area contributed by atoms with Crippen molar-refractivity contribution in [3.8, 4) is 11.5 Å². The van der Waals surface area contributed by atoms with Gasteiger partial charge in [-0.2, -0.15) is 0 Å². The number of hydrazine groups is 1. The highest BCUT2D eigenvalue weighted by Crippen LogP contribution is 2.48. The molecule has 0 aliphatic carbocycles. The van der Waals surface area contributed by atoms with Gasteiger partial charge in [0, 0.05) is 33.7 Å². The highest BCUT2D eigenvalue weighted by atomic mass is 16.7. The molecule has 2 amide bonds. The first-order valence-corrected chi connectivity index (χ1v) is 16.7. The molecule has 9 atom stereocenters. The summed E-state index contributed by atoms with van der Waals surface area (Å²) in [7, 11) is 0. The third-order valence-corrected chi connectivity index (χ3v) is 10.2. The van der Waals surface area contributed by atoms with Crippen LogP contribution < -0.4 is 5.43 Å². The van der Waals surface area contributed by atoms with Gasteiger partial charge in [0.1, 0.15) is 54.2 Å². The maximum Gasteiger partial charge on any atom is 0.276 e. The molecule has 19 heteroatoms. The fraction of sp³-hybridized carbons (Fsp3) is 0.412. The Hall–Kier alpha value is -4.48. The van der Waals surface area contributed by atoms with Crippen LogP contribution in [0, 0.1) is 0 Å². The number of aromatic hydroxyl groups is 2. The van der Waals surface area contributed by atoms with Crippen LogP contribution in [-0.4, -0.2) is 159 Å². The number of hydrogen-bond donors (Lipinski definition) is 12. The second-order valence-electron chi connectivity index (χ2n) is 13.4. The number of phenolic OH excluding ortho intramolecular Hbond substituents is 2. The number of nitrogens with one attached hydrogen (secondary N) is 2. The largest absolute Gasteiger partial charge is 0.508 e. The molecule has 5 heterocycles. The minimum atomic E-state index is -1.75. The summed E-state index contributed by atoms with van der Waals surface area (Å²) in [5, 5.41) is 105. The molecular formula is C34H36N4O15. The van der Waals surface area contributed by atoms with Gasteiger partial charge in [-0.3, -0.25) is 9.59 Å². The molecule has 2 aromatic heterocycles. The number of H-pyrrole nitrogens is 1. The number of carbonyl (C=O) groups is 2. The molecule has 8 rings (SSSR count). The number of imide groups is 1. The van der Waals surface area contributed by atoms with Crippen molar-refractivity contribution >= 4 is 55.4 Å².